The normalized spacial score (nSPS) is 23.5. The molecule has 1 amide bonds. The van der Waals surface area contributed by atoms with Crippen LogP contribution in [0.2, 0.25) is 0 Å². The van der Waals surface area contributed by atoms with E-state index < -0.39 is 5.60 Å². The number of ether oxygens (including phenoxy) is 1. The lowest BCUT2D eigenvalue weighted by Gasteiger charge is -2.25. The van der Waals surface area contributed by atoms with Crippen LogP contribution < -0.4 is 5.32 Å². The molecular formula is C22H32N6O2. The van der Waals surface area contributed by atoms with Crippen molar-refractivity contribution in [1.29, 1.82) is 0 Å². The molecule has 0 aromatic carbocycles. The second-order valence-electron chi connectivity index (χ2n) is 9.73. The fraction of sp³-hybridized carbons (Fsp3) is 0.636. The minimum Gasteiger partial charge on any atom is -0.444 e. The number of rotatable bonds is 4. The number of amides is 1. The number of anilines is 1. The number of aromatic nitrogens is 4. The van der Waals surface area contributed by atoms with Gasteiger partial charge in [0, 0.05) is 26.7 Å². The second kappa shape index (κ2) is 7.89. The largest absolute Gasteiger partial charge is 0.444 e. The van der Waals surface area contributed by atoms with Crippen LogP contribution in [0.1, 0.15) is 39.2 Å². The average molecular weight is 413 g/mol. The Morgan fingerprint density at radius 2 is 1.90 bits per heavy atom. The van der Waals surface area contributed by atoms with Crippen molar-refractivity contribution >= 4 is 11.9 Å². The van der Waals surface area contributed by atoms with E-state index in [4.69, 9.17) is 4.74 Å². The summed E-state index contributed by atoms with van der Waals surface area (Å²) in [5.41, 5.74) is 2.47. The zero-order valence-electron chi connectivity index (χ0n) is 18.6. The van der Waals surface area contributed by atoms with Crippen LogP contribution in [-0.4, -0.2) is 56.2 Å². The third-order valence-corrected chi connectivity index (χ3v) is 6.10. The monoisotopic (exact) mass is 412 g/mol. The lowest BCUT2D eigenvalue weighted by molar-refractivity contribution is 0.0278. The van der Waals surface area contributed by atoms with Gasteiger partial charge in [0.05, 0.1) is 11.9 Å². The number of carbonyl (C=O) groups excluding carboxylic acids is 1. The maximum Gasteiger partial charge on any atom is 0.410 e. The molecule has 3 atom stereocenters. The third kappa shape index (κ3) is 4.42. The number of carbonyl (C=O) groups is 1. The Kier molecular flexibility index (Phi) is 5.42. The quantitative estimate of drug-likeness (QED) is 0.827. The molecule has 2 aromatic heterocycles. The second-order valence-corrected chi connectivity index (χ2v) is 9.73. The van der Waals surface area contributed by atoms with Gasteiger partial charge in [0.1, 0.15) is 17.1 Å². The van der Waals surface area contributed by atoms with Crippen LogP contribution in [0.4, 0.5) is 10.6 Å². The highest BCUT2D eigenvalue weighted by Crippen LogP contribution is 2.41. The van der Waals surface area contributed by atoms with E-state index in [-0.39, 0.29) is 6.09 Å². The molecule has 1 unspecified atom stereocenters. The summed E-state index contributed by atoms with van der Waals surface area (Å²) in [6.07, 6.45) is 3.93. The van der Waals surface area contributed by atoms with Gasteiger partial charge in [-0.1, -0.05) is 0 Å². The molecule has 0 spiro atoms. The van der Waals surface area contributed by atoms with Crippen molar-refractivity contribution in [1.82, 2.24) is 24.9 Å². The smallest absolute Gasteiger partial charge is 0.410 e. The van der Waals surface area contributed by atoms with Crippen molar-refractivity contribution in [3.63, 3.8) is 0 Å². The van der Waals surface area contributed by atoms with Crippen molar-refractivity contribution in [3.05, 3.63) is 23.9 Å². The number of nitrogens with one attached hydrogen (secondary N) is 1. The average Bonchev–Trinajstić information content (AvgIpc) is 3.32. The van der Waals surface area contributed by atoms with E-state index in [9.17, 15) is 4.79 Å². The Balaban J connectivity index is 1.26. The van der Waals surface area contributed by atoms with Crippen molar-refractivity contribution in [2.75, 3.05) is 25.0 Å². The Labute approximate surface area is 178 Å². The standard InChI is InChI=1S/C22H32N6O2/c1-14-10-24-27(5)20(14)18-6-7-19(26-25-18)23-11-15-8-16-12-28(13-17(16)9-15)21(29)30-22(2,3)4/h6-7,10,15-17H,8-9,11-13H2,1-5H3,(H,23,26)/t15-,16+,17?/m0/s1. The summed E-state index contributed by atoms with van der Waals surface area (Å²) in [7, 11) is 1.91. The van der Waals surface area contributed by atoms with E-state index in [2.05, 4.69) is 20.6 Å². The first kappa shape index (κ1) is 20.6. The van der Waals surface area contributed by atoms with Crippen LogP contribution in [0, 0.1) is 24.7 Å². The predicted octanol–water partition coefficient (Wildman–Crippen LogP) is 3.49. The van der Waals surface area contributed by atoms with Crippen LogP contribution in [-0.2, 0) is 11.8 Å². The number of hydrogen-bond donors (Lipinski definition) is 1. The molecule has 30 heavy (non-hydrogen) atoms. The van der Waals surface area contributed by atoms with Crippen molar-refractivity contribution < 1.29 is 9.53 Å². The molecule has 2 fully saturated rings. The van der Waals surface area contributed by atoms with Crippen molar-refractivity contribution in [2.45, 2.75) is 46.1 Å². The zero-order valence-corrected chi connectivity index (χ0v) is 18.6. The van der Waals surface area contributed by atoms with Gasteiger partial charge in [-0.3, -0.25) is 4.68 Å². The van der Waals surface area contributed by atoms with Gasteiger partial charge in [0.15, 0.2) is 0 Å². The van der Waals surface area contributed by atoms with E-state index in [0.29, 0.717) is 17.8 Å². The lowest BCUT2D eigenvalue weighted by Crippen LogP contribution is -2.36. The van der Waals surface area contributed by atoms with Crippen LogP contribution in [0.25, 0.3) is 11.4 Å². The number of aryl methyl sites for hydroxylation is 2. The van der Waals surface area contributed by atoms with Crippen LogP contribution >= 0.6 is 0 Å². The summed E-state index contributed by atoms with van der Waals surface area (Å²) < 4.78 is 7.35. The Morgan fingerprint density at radius 1 is 1.20 bits per heavy atom. The maximum absolute atomic E-state index is 12.3. The molecule has 2 aromatic rings. The van der Waals surface area contributed by atoms with Crippen LogP contribution in [0.5, 0.6) is 0 Å². The summed E-state index contributed by atoms with van der Waals surface area (Å²) in [6, 6.07) is 3.97. The van der Waals surface area contributed by atoms with E-state index in [1.54, 1.807) is 0 Å². The molecule has 1 saturated carbocycles. The summed E-state index contributed by atoms with van der Waals surface area (Å²) in [5.74, 6) is 2.55. The number of likely N-dealkylation sites (tertiary alicyclic amines) is 1. The summed E-state index contributed by atoms with van der Waals surface area (Å²) >= 11 is 0. The topological polar surface area (TPSA) is 85.2 Å². The molecule has 162 valence electrons. The van der Waals surface area contributed by atoms with Crippen molar-refractivity contribution in [3.8, 4) is 11.4 Å². The SMILES string of the molecule is Cc1cnn(C)c1-c1ccc(NC[C@@H]2CC3CN(C(=O)OC(C)(C)C)C[C@H]3C2)nn1. The first-order valence-corrected chi connectivity index (χ1v) is 10.7. The molecule has 0 radical (unpaired) electrons. The van der Waals surface area contributed by atoms with Crippen LogP contribution in [0.3, 0.4) is 0 Å². The van der Waals surface area contributed by atoms with Gasteiger partial charge in [-0.2, -0.15) is 5.10 Å². The third-order valence-electron chi connectivity index (χ3n) is 6.10. The van der Waals surface area contributed by atoms with E-state index in [1.165, 1.54) is 0 Å². The van der Waals surface area contributed by atoms with Gasteiger partial charge in [-0.05, 0) is 76.0 Å². The van der Waals surface area contributed by atoms with Gasteiger partial charge in [0.2, 0.25) is 0 Å². The fourth-order valence-corrected chi connectivity index (χ4v) is 4.78. The van der Waals surface area contributed by atoms with Gasteiger partial charge < -0.3 is 15.0 Å². The lowest BCUT2D eigenvalue weighted by atomic mass is 10.0. The minimum atomic E-state index is -0.437. The molecule has 1 saturated heterocycles. The highest BCUT2D eigenvalue weighted by molar-refractivity contribution is 5.68. The number of hydrogen-bond acceptors (Lipinski definition) is 6. The zero-order chi connectivity index (χ0) is 21.5. The maximum atomic E-state index is 12.3. The van der Waals surface area contributed by atoms with Gasteiger partial charge >= 0.3 is 6.09 Å². The highest BCUT2D eigenvalue weighted by atomic mass is 16.6. The number of fused-ring (bicyclic) bond motifs is 1. The molecule has 2 aliphatic rings. The van der Waals surface area contributed by atoms with Crippen molar-refractivity contribution in [2.24, 2.45) is 24.8 Å². The fourth-order valence-electron chi connectivity index (χ4n) is 4.78. The molecule has 0 bridgehead atoms. The number of nitrogens with zero attached hydrogens (tertiary/aromatic N) is 5. The first-order valence-electron chi connectivity index (χ1n) is 10.7. The van der Waals surface area contributed by atoms with Gasteiger partial charge in [-0.25, -0.2) is 4.79 Å². The van der Waals surface area contributed by atoms with Crippen LogP contribution in [0.15, 0.2) is 18.3 Å². The molecule has 4 rings (SSSR count). The molecule has 8 heteroatoms. The van der Waals surface area contributed by atoms with E-state index in [1.807, 2.05) is 62.7 Å². The summed E-state index contributed by atoms with van der Waals surface area (Å²) in [4.78, 5) is 14.2. The Hall–Kier alpha value is -2.64. The highest BCUT2D eigenvalue weighted by Gasteiger charge is 2.43. The predicted molar refractivity (Wildman–Crippen MR) is 115 cm³/mol. The van der Waals surface area contributed by atoms with Gasteiger partial charge in [0.25, 0.3) is 0 Å². The Morgan fingerprint density at radius 3 is 2.43 bits per heavy atom. The van der Waals surface area contributed by atoms with Gasteiger partial charge in [-0.15, -0.1) is 10.2 Å². The molecule has 1 aliphatic heterocycles. The molecule has 3 heterocycles. The molecule has 1 aliphatic carbocycles. The summed E-state index contributed by atoms with van der Waals surface area (Å²) in [6.45, 7) is 10.3. The first-order chi connectivity index (χ1) is 14.2. The minimum absolute atomic E-state index is 0.175. The Bertz CT molecular complexity index is 868. The molecule has 8 nitrogen and oxygen atoms in total. The van der Waals surface area contributed by atoms with E-state index in [0.717, 1.165) is 55.2 Å². The molecular weight excluding hydrogens is 380 g/mol. The van der Waals surface area contributed by atoms with E-state index >= 15 is 0 Å². The summed E-state index contributed by atoms with van der Waals surface area (Å²) in [5, 5.41) is 16.4. The molecule has 1 N–H and O–H groups in total.